The van der Waals surface area contributed by atoms with Crippen molar-refractivity contribution in [3.8, 4) is 0 Å². The number of pyridine rings is 1. The van der Waals surface area contributed by atoms with E-state index in [-0.39, 0.29) is 16.3 Å². The standard InChI is InChI=1S/C14H14N2O4S/c1-2-21(19,20)14-10-13(16(17)18)7-6-11(14)9-12-5-3-4-8-15-12/h3-8,10H,2,9H2,1H3. The van der Waals surface area contributed by atoms with Crippen LogP contribution < -0.4 is 0 Å². The number of non-ortho nitro benzene ring substituents is 1. The van der Waals surface area contributed by atoms with Crippen LogP contribution in [0.5, 0.6) is 0 Å². The highest BCUT2D eigenvalue weighted by molar-refractivity contribution is 7.91. The van der Waals surface area contributed by atoms with E-state index in [0.717, 1.165) is 6.07 Å². The molecule has 21 heavy (non-hydrogen) atoms. The SMILES string of the molecule is CCS(=O)(=O)c1cc([N+](=O)[O-])ccc1Cc1ccccn1. The molecule has 0 unspecified atom stereocenters. The Hall–Kier alpha value is -2.28. The zero-order chi connectivity index (χ0) is 15.5. The predicted octanol–water partition coefficient (Wildman–Crippen LogP) is 2.37. The van der Waals surface area contributed by atoms with Crippen molar-refractivity contribution in [1.29, 1.82) is 0 Å². The number of hydrogen-bond acceptors (Lipinski definition) is 5. The first kappa shape index (κ1) is 15.1. The number of nitrogens with zero attached hydrogens (tertiary/aromatic N) is 2. The van der Waals surface area contributed by atoms with Gasteiger partial charge in [-0.05, 0) is 17.7 Å². The molecule has 0 fully saturated rings. The average molecular weight is 306 g/mol. The molecule has 1 aromatic heterocycles. The highest BCUT2D eigenvalue weighted by atomic mass is 32.2. The maximum atomic E-state index is 12.1. The zero-order valence-corrected chi connectivity index (χ0v) is 12.2. The van der Waals surface area contributed by atoms with Gasteiger partial charge in [-0.2, -0.15) is 0 Å². The molecule has 2 rings (SSSR count). The van der Waals surface area contributed by atoms with Crippen molar-refractivity contribution in [3.05, 3.63) is 64.0 Å². The van der Waals surface area contributed by atoms with Crippen LogP contribution in [0.25, 0.3) is 0 Å². The van der Waals surface area contributed by atoms with Crippen molar-refractivity contribution in [2.45, 2.75) is 18.2 Å². The van der Waals surface area contributed by atoms with Crippen molar-refractivity contribution >= 4 is 15.5 Å². The molecule has 2 aromatic rings. The van der Waals surface area contributed by atoms with Crippen molar-refractivity contribution in [2.24, 2.45) is 0 Å². The van der Waals surface area contributed by atoms with Gasteiger partial charge < -0.3 is 0 Å². The normalized spacial score (nSPS) is 11.3. The maximum absolute atomic E-state index is 12.1. The summed E-state index contributed by atoms with van der Waals surface area (Å²) < 4.78 is 24.3. The summed E-state index contributed by atoms with van der Waals surface area (Å²) in [6.07, 6.45) is 1.93. The molecule has 0 bridgehead atoms. The van der Waals surface area contributed by atoms with Crippen LogP contribution in [0, 0.1) is 10.1 Å². The van der Waals surface area contributed by atoms with Gasteiger partial charge in [0.15, 0.2) is 9.84 Å². The van der Waals surface area contributed by atoms with Crippen LogP contribution in [0.1, 0.15) is 18.2 Å². The lowest BCUT2D eigenvalue weighted by Gasteiger charge is -2.09. The zero-order valence-electron chi connectivity index (χ0n) is 11.4. The molecule has 0 spiro atoms. The lowest BCUT2D eigenvalue weighted by Crippen LogP contribution is -2.09. The van der Waals surface area contributed by atoms with Gasteiger partial charge in [0.25, 0.3) is 5.69 Å². The molecular weight excluding hydrogens is 292 g/mol. The summed E-state index contributed by atoms with van der Waals surface area (Å²) in [6, 6.07) is 9.27. The van der Waals surface area contributed by atoms with E-state index in [2.05, 4.69) is 4.98 Å². The summed E-state index contributed by atoms with van der Waals surface area (Å²) in [6.45, 7) is 1.51. The Morgan fingerprint density at radius 1 is 1.24 bits per heavy atom. The molecular formula is C14H14N2O4S. The molecule has 0 aliphatic rings. The highest BCUT2D eigenvalue weighted by Crippen LogP contribution is 2.25. The first-order valence-corrected chi connectivity index (χ1v) is 7.99. The van der Waals surface area contributed by atoms with Crippen LogP contribution in [-0.2, 0) is 16.3 Å². The van der Waals surface area contributed by atoms with E-state index in [4.69, 9.17) is 0 Å². The van der Waals surface area contributed by atoms with Gasteiger partial charge in [0.05, 0.1) is 15.6 Å². The number of sulfone groups is 1. The van der Waals surface area contributed by atoms with Gasteiger partial charge in [0, 0.05) is 30.4 Å². The van der Waals surface area contributed by atoms with Gasteiger partial charge in [0.2, 0.25) is 0 Å². The fourth-order valence-corrected chi connectivity index (χ4v) is 3.10. The Morgan fingerprint density at radius 2 is 2.00 bits per heavy atom. The van der Waals surface area contributed by atoms with Crippen molar-refractivity contribution in [2.75, 3.05) is 5.75 Å². The molecule has 1 heterocycles. The molecule has 110 valence electrons. The molecule has 0 saturated heterocycles. The van der Waals surface area contributed by atoms with Crippen molar-refractivity contribution in [1.82, 2.24) is 4.98 Å². The summed E-state index contributed by atoms with van der Waals surface area (Å²) in [4.78, 5) is 14.4. The monoisotopic (exact) mass is 306 g/mol. The number of nitro groups is 1. The van der Waals surface area contributed by atoms with Crippen LogP contribution in [0.3, 0.4) is 0 Å². The third kappa shape index (κ3) is 3.43. The maximum Gasteiger partial charge on any atom is 0.270 e. The van der Waals surface area contributed by atoms with E-state index < -0.39 is 14.8 Å². The summed E-state index contributed by atoms with van der Waals surface area (Å²) in [5.74, 6) is -0.108. The molecule has 0 saturated carbocycles. The highest BCUT2D eigenvalue weighted by Gasteiger charge is 2.20. The van der Waals surface area contributed by atoms with Gasteiger partial charge in [-0.15, -0.1) is 0 Å². The van der Waals surface area contributed by atoms with E-state index in [1.165, 1.54) is 19.1 Å². The van der Waals surface area contributed by atoms with Crippen LogP contribution in [0.2, 0.25) is 0 Å². The van der Waals surface area contributed by atoms with Crippen molar-refractivity contribution in [3.63, 3.8) is 0 Å². The summed E-state index contributed by atoms with van der Waals surface area (Å²) in [5.41, 5.74) is 0.992. The number of nitro benzene ring substituents is 1. The Labute approximate surface area is 122 Å². The molecule has 0 radical (unpaired) electrons. The number of hydrogen-bond donors (Lipinski definition) is 0. The fourth-order valence-electron chi connectivity index (χ4n) is 1.95. The fraction of sp³-hybridized carbons (Fsp3) is 0.214. The minimum absolute atomic E-state index is 0.00449. The molecule has 1 aromatic carbocycles. The van der Waals surface area contributed by atoms with E-state index in [1.807, 2.05) is 6.07 Å². The van der Waals surface area contributed by atoms with Gasteiger partial charge in [0.1, 0.15) is 0 Å². The first-order chi connectivity index (χ1) is 9.94. The number of benzene rings is 1. The van der Waals surface area contributed by atoms with E-state index >= 15 is 0 Å². The third-order valence-electron chi connectivity index (χ3n) is 3.07. The second-order valence-corrected chi connectivity index (χ2v) is 6.70. The second kappa shape index (κ2) is 6.01. The molecule has 0 aliphatic heterocycles. The third-order valence-corrected chi connectivity index (χ3v) is 4.88. The Kier molecular flexibility index (Phi) is 4.32. The average Bonchev–Trinajstić information content (AvgIpc) is 2.48. The van der Waals surface area contributed by atoms with E-state index in [9.17, 15) is 18.5 Å². The van der Waals surface area contributed by atoms with Crippen molar-refractivity contribution < 1.29 is 13.3 Å². The van der Waals surface area contributed by atoms with Gasteiger partial charge >= 0.3 is 0 Å². The molecule has 0 aliphatic carbocycles. The molecule has 0 atom stereocenters. The predicted molar refractivity (Wildman–Crippen MR) is 77.9 cm³/mol. The quantitative estimate of drug-likeness (QED) is 0.625. The van der Waals surface area contributed by atoms with Gasteiger partial charge in [-0.25, -0.2) is 8.42 Å². The Bertz CT molecular complexity index is 758. The second-order valence-electron chi connectivity index (χ2n) is 4.45. The summed E-state index contributed by atoms with van der Waals surface area (Å²) >= 11 is 0. The summed E-state index contributed by atoms with van der Waals surface area (Å²) in [7, 11) is -3.54. The number of rotatable bonds is 5. The lowest BCUT2D eigenvalue weighted by molar-refractivity contribution is -0.385. The van der Waals surface area contributed by atoms with E-state index in [0.29, 0.717) is 17.7 Å². The van der Waals surface area contributed by atoms with Crippen LogP contribution in [-0.4, -0.2) is 24.1 Å². The molecule has 7 heteroatoms. The van der Waals surface area contributed by atoms with Crippen LogP contribution in [0.4, 0.5) is 5.69 Å². The van der Waals surface area contributed by atoms with Crippen LogP contribution >= 0.6 is 0 Å². The lowest BCUT2D eigenvalue weighted by atomic mass is 10.1. The van der Waals surface area contributed by atoms with E-state index in [1.54, 1.807) is 18.3 Å². The largest absolute Gasteiger partial charge is 0.270 e. The first-order valence-electron chi connectivity index (χ1n) is 6.34. The molecule has 0 N–H and O–H groups in total. The Morgan fingerprint density at radius 3 is 2.57 bits per heavy atom. The summed E-state index contributed by atoms with van der Waals surface area (Å²) in [5, 5.41) is 10.8. The van der Waals surface area contributed by atoms with Crippen LogP contribution in [0.15, 0.2) is 47.5 Å². The van der Waals surface area contributed by atoms with Gasteiger partial charge in [-0.1, -0.05) is 19.1 Å². The molecule has 6 nitrogen and oxygen atoms in total. The molecule has 0 amide bonds. The smallest absolute Gasteiger partial charge is 0.261 e. The topological polar surface area (TPSA) is 90.2 Å². The number of aromatic nitrogens is 1. The minimum atomic E-state index is -3.54. The Balaban J connectivity index is 2.53. The van der Waals surface area contributed by atoms with Gasteiger partial charge in [-0.3, -0.25) is 15.1 Å². The minimum Gasteiger partial charge on any atom is -0.261 e.